The van der Waals surface area contributed by atoms with Crippen LogP contribution in [0.2, 0.25) is 0 Å². The van der Waals surface area contributed by atoms with Gasteiger partial charge in [0, 0.05) is 5.92 Å². The van der Waals surface area contributed by atoms with E-state index in [4.69, 9.17) is 21.1 Å². The smallest absolute Gasteiger partial charge is 0.431 e. The van der Waals surface area contributed by atoms with Gasteiger partial charge in [0.15, 0.2) is 6.07 Å². The van der Waals surface area contributed by atoms with Crippen LogP contribution in [-0.4, -0.2) is 24.1 Å². The molecule has 8 atom stereocenters. The molecule has 0 spiro atoms. The van der Waals surface area contributed by atoms with Gasteiger partial charge in [0.05, 0.1) is 0 Å². The lowest BCUT2D eigenvalue weighted by atomic mass is 9.44. The molecular formula is C23H35ClO4. The van der Waals surface area contributed by atoms with E-state index in [9.17, 15) is 9.59 Å². The Hall–Kier alpha value is -0.770. The van der Waals surface area contributed by atoms with Gasteiger partial charge in [-0.2, -0.15) is 0 Å². The van der Waals surface area contributed by atoms with Gasteiger partial charge in [0.1, 0.15) is 11.9 Å². The minimum atomic E-state index is -0.632. The maximum absolute atomic E-state index is 12.3. The molecule has 0 radical (unpaired) electrons. The zero-order chi connectivity index (χ0) is 20.1. The van der Waals surface area contributed by atoms with Gasteiger partial charge in [-0.05, 0) is 99.2 Å². The minimum absolute atomic E-state index is 0.0345. The summed E-state index contributed by atoms with van der Waals surface area (Å²) in [4.78, 5) is 23.9. The largest absolute Gasteiger partial charge is 0.509 e. The van der Waals surface area contributed by atoms with Crippen LogP contribution in [-0.2, 0) is 14.3 Å². The summed E-state index contributed by atoms with van der Waals surface area (Å²) in [7, 11) is 0. The molecule has 0 aromatic carbocycles. The average molecular weight is 411 g/mol. The van der Waals surface area contributed by atoms with Crippen LogP contribution in [0.4, 0.5) is 4.79 Å². The zero-order valence-corrected chi connectivity index (χ0v) is 18.3. The Labute approximate surface area is 174 Å². The van der Waals surface area contributed by atoms with Gasteiger partial charge in [-0.3, -0.25) is 4.79 Å². The first-order valence-electron chi connectivity index (χ1n) is 11.2. The summed E-state index contributed by atoms with van der Waals surface area (Å²) in [6.45, 7) is 6.72. The van der Waals surface area contributed by atoms with Gasteiger partial charge in [-0.1, -0.05) is 25.4 Å². The summed E-state index contributed by atoms with van der Waals surface area (Å²) in [6.07, 6.45) is 9.62. The number of carbonyl (C=O) groups is 2. The molecule has 0 saturated heterocycles. The number of fused-ring (bicyclic) bond motifs is 5. The van der Waals surface area contributed by atoms with E-state index in [0.717, 1.165) is 37.5 Å². The minimum Gasteiger partial charge on any atom is -0.431 e. The molecule has 4 fully saturated rings. The van der Waals surface area contributed by atoms with E-state index in [1.165, 1.54) is 32.1 Å². The fourth-order valence-corrected chi connectivity index (χ4v) is 8.30. The van der Waals surface area contributed by atoms with Gasteiger partial charge >= 0.3 is 6.16 Å². The fourth-order valence-electron chi connectivity index (χ4n) is 8.21. The number of carbonyl (C=O) groups excluding carboxylic acids is 2. The van der Waals surface area contributed by atoms with E-state index in [0.29, 0.717) is 23.0 Å². The van der Waals surface area contributed by atoms with Gasteiger partial charge in [0.2, 0.25) is 0 Å². The summed E-state index contributed by atoms with van der Waals surface area (Å²) in [5.41, 5.74) is 0.566. The average Bonchev–Trinajstić information content (AvgIpc) is 2.99. The quantitative estimate of drug-likeness (QED) is 0.426. The second kappa shape index (κ2) is 7.49. The summed E-state index contributed by atoms with van der Waals surface area (Å²) < 4.78 is 10.3. The van der Waals surface area contributed by atoms with E-state index in [1.807, 2.05) is 0 Å². The molecule has 0 aromatic heterocycles. The number of ketones is 1. The van der Waals surface area contributed by atoms with Crippen molar-refractivity contribution < 1.29 is 19.1 Å². The second-order valence-electron chi connectivity index (χ2n) is 10.5. The van der Waals surface area contributed by atoms with Crippen molar-refractivity contribution in [3.8, 4) is 0 Å². The standard InChI is InChI=1S/C23H35ClO4/c1-14(25)18-6-7-19-17-5-4-15-12-16(28-21(26)27-13-24)8-10-22(15,2)20(17)9-11-23(18,19)3/h15-20H,4-13H2,1-3H3/t15-,16+,17-,18?,19-,20-,22-,23+/m0/s1. The molecule has 0 amide bonds. The predicted octanol–water partition coefficient (Wildman–Crippen LogP) is 5.95. The fraction of sp³-hybridized carbons (Fsp3) is 0.913. The topological polar surface area (TPSA) is 52.6 Å². The van der Waals surface area contributed by atoms with Crippen LogP contribution in [0.15, 0.2) is 0 Å². The van der Waals surface area contributed by atoms with Crippen molar-refractivity contribution in [1.82, 2.24) is 0 Å². The Balaban J connectivity index is 1.47. The molecular weight excluding hydrogens is 376 g/mol. The molecule has 28 heavy (non-hydrogen) atoms. The highest BCUT2D eigenvalue weighted by Gasteiger charge is 2.60. The SMILES string of the molecule is CC(=O)C1CC[C@H]2[C@@H]3CC[C@H]4C[C@H](OC(=O)OCCl)CC[C@]4(C)[C@H]3CC[C@]12C. The molecule has 4 aliphatic rings. The second-order valence-corrected chi connectivity index (χ2v) is 10.7. The van der Waals surface area contributed by atoms with Gasteiger partial charge in [0.25, 0.3) is 0 Å². The molecule has 0 heterocycles. The van der Waals surface area contributed by atoms with Gasteiger partial charge < -0.3 is 9.47 Å². The molecule has 4 saturated carbocycles. The van der Waals surface area contributed by atoms with Crippen molar-refractivity contribution in [3.63, 3.8) is 0 Å². The third kappa shape index (κ3) is 3.18. The lowest BCUT2D eigenvalue weighted by Crippen LogP contribution is -2.54. The van der Waals surface area contributed by atoms with E-state index in [-0.39, 0.29) is 23.5 Å². The zero-order valence-electron chi connectivity index (χ0n) is 17.5. The first-order chi connectivity index (χ1) is 13.3. The number of halogens is 1. The number of alkyl halides is 1. The number of rotatable bonds is 3. The van der Waals surface area contributed by atoms with Crippen LogP contribution >= 0.6 is 11.6 Å². The van der Waals surface area contributed by atoms with E-state index in [2.05, 4.69) is 13.8 Å². The van der Waals surface area contributed by atoms with Crippen LogP contribution < -0.4 is 0 Å². The number of Topliss-reactive ketones (excluding diaryl/α,β-unsaturated/α-hetero) is 1. The van der Waals surface area contributed by atoms with Crippen LogP contribution in [0, 0.1) is 40.4 Å². The molecule has 0 N–H and O–H groups in total. The predicted molar refractivity (Wildman–Crippen MR) is 108 cm³/mol. The highest BCUT2D eigenvalue weighted by molar-refractivity contribution is 6.17. The highest BCUT2D eigenvalue weighted by Crippen LogP contribution is 2.67. The van der Waals surface area contributed by atoms with Crippen molar-refractivity contribution in [3.05, 3.63) is 0 Å². The normalized spacial score (nSPS) is 47.4. The van der Waals surface area contributed by atoms with E-state index < -0.39 is 6.16 Å². The molecule has 0 aromatic rings. The summed E-state index contributed by atoms with van der Waals surface area (Å²) >= 11 is 5.46. The Morgan fingerprint density at radius 2 is 1.68 bits per heavy atom. The van der Waals surface area contributed by atoms with E-state index >= 15 is 0 Å². The lowest BCUT2D eigenvalue weighted by molar-refractivity contribution is -0.139. The molecule has 0 aliphatic heterocycles. The number of ether oxygens (including phenoxy) is 2. The van der Waals surface area contributed by atoms with E-state index in [1.54, 1.807) is 6.92 Å². The molecule has 1 unspecified atom stereocenters. The lowest BCUT2D eigenvalue weighted by Gasteiger charge is -2.61. The van der Waals surface area contributed by atoms with Crippen LogP contribution in [0.5, 0.6) is 0 Å². The maximum Gasteiger partial charge on any atom is 0.509 e. The third-order valence-corrected chi connectivity index (χ3v) is 9.65. The Morgan fingerprint density at radius 3 is 2.39 bits per heavy atom. The first-order valence-corrected chi connectivity index (χ1v) is 11.7. The molecule has 5 heteroatoms. The summed E-state index contributed by atoms with van der Waals surface area (Å²) in [5.74, 6) is 3.54. The van der Waals surface area contributed by atoms with Crippen molar-refractivity contribution in [1.29, 1.82) is 0 Å². The van der Waals surface area contributed by atoms with Crippen molar-refractivity contribution in [2.24, 2.45) is 40.4 Å². The summed E-state index contributed by atoms with van der Waals surface area (Å²) in [6, 6.07) is -0.155. The monoisotopic (exact) mass is 410 g/mol. The molecule has 4 aliphatic carbocycles. The van der Waals surface area contributed by atoms with Crippen LogP contribution in [0.1, 0.15) is 78.6 Å². The number of hydrogen-bond acceptors (Lipinski definition) is 4. The Morgan fingerprint density at radius 1 is 0.964 bits per heavy atom. The Kier molecular flexibility index (Phi) is 5.48. The molecule has 4 rings (SSSR count). The van der Waals surface area contributed by atoms with Crippen molar-refractivity contribution in [2.45, 2.75) is 84.7 Å². The van der Waals surface area contributed by atoms with Crippen molar-refractivity contribution >= 4 is 23.5 Å². The van der Waals surface area contributed by atoms with Gasteiger partial charge in [-0.25, -0.2) is 4.79 Å². The number of hydrogen-bond donors (Lipinski definition) is 0. The summed E-state index contributed by atoms with van der Waals surface area (Å²) in [5, 5.41) is 0. The highest BCUT2D eigenvalue weighted by atomic mass is 35.5. The molecule has 0 bridgehead atoms. The maximum atomic E-state index is 12.3. The van der Waals surface area contributed by atoms with Crippen LogP contribution in [0.25, 0.3) is 0 Å². The van der Waals surface area contributed by atoms with Gasteiger partial charge in [-0.15, -0.1) is 0 Å². The van der Waals surface area contributed by atoms with Crippen LogP contribution in [0.3, 0.4) is 0 Å². The first kappa shape index (κ1) is 20.5. The third-order valence-electron chi connectivity index (χ3n) is 9.54. The molecule has 158 valence electrons. The van der Waals surface area contributed by atoms with Crippen molar-refractivity contribution in [2.75, 3.05) is 6.07 Å². The molecule has 4 nitrogen and oxygen atoms in total. The Bertz CT molecular complexity index is 636.